The summed E-state index contributed by atoms with van der Waals surface area (Å²) in [5.41, 5.74) is 5.67. The van der Waals surface area contributed by atoms with Crippen molar-refractivity contribution in [2.24, 2.45) is 0 Å². The van der Waals surface area contributed by atoms with E-state index in [9.17, 15) is 13.2 Å². The molecule has 17 heavy (non-hydrogen) atoms. The minimum absolute atomic E-state index is 0.0344. The van der Waals surface area contributed by atoms with Gasteiger partial charge in [0.05, 0.1) is 5.69 Å². The van der Waals surface area contributed by atoms with Crippen LogP contribution in [0.1, 0.15) is 12.8 Å². The number of nitrogens with zero attached hydrogens (tertiary/aromatic N) is 1. The van der Waals surface area contributed by atoms with E-state index in [4.69, 9.17) is 10.8 Å². The Labute approximate surface area is 98.7 Å². The van der Waals surface area contributed by atoms with Crippen LogP contribution in [0.2, 0.25) is 0 Å². The zero-order valence-electron chi connectivity index (χ0n) is 8.96. The SMILES string of the molecule is Nc1cncc(S(=O)(=O)NCCCC(=O)O)c1. The zero-order chi connectivity index (χ0) is 12.9. The van der Waals surface area contributed by atoms with E-state index < -0.39 is 16.0 Å². The third-order valence-electron chi connectivity index (χ3n) is 1.90. The molecule has 0 radical (unpaired) electrons. The van der Waals surface area contributed by atoms with Crippen LogP contribution >= 0.6 is 0 Å². The van der Waals surface area contributed by atoms with E-state index >= 15 is 0 Å². The smallest absolute Gasteiger partial charge is 0.303 e. The molecule has 7 nitrogen and oxygen atoms in total. The number of carboxylic acid groups (broad SMARTS) is 1. The second kappa shape index (κ2) is 5.60. The predicted octanol–water partition coefficient (Wildman–Crippen LogP) is -0.193. The molecular formula is C9H13N3O4S. The van der Waals surface area contributed by atoms with Gasteiger partial charge >= 0.3 is 5.97 Å². The highest BCUT2D eigenvalue weighted by atomic mass is 32.2. The van der Waals surface area contributed by atoms with Gasteiger partial charge in [-0.25, -0.2) is 13.1 Å². The number of anilines is 1. The van der Waals surface area contributed by atoms with Gasteiger partial charge in [-0.1, -0.05) is 0 Å². The molecule has 8 heteroatoms. The molecule has 0 saturated carbocycles. The molecule has 4 N–H and O–H groups in total. The maximum Gasteiger partial charge on any atom is 0.303 e. The van der Waals surface area contributed by atoms with Crippen LogP contribution in [0.4, 0.5) is 5.69 Å². The van der Waals surface area contributed by atoms with E-state index in [1.54, 1.807) is 0 Å². The van der Waals surface area contributed by atoms with Gasteiger partial charge in [0.1, 0.15) is 4.90 Å². The van der Waals surface area contributed by atoms with Crippen LogP contribution < -0.4 is 10.5 Å². The van der Waals surface area contributed by atoms with E-state index in [-0.39, 0.29) is 30.0 Å². The lowest BCUT2D eigenvalue weighted by Gasteiger charge is -2.05. The van der Waals surface area contributed by atoms with Crippen molar-refractivity contribution in [3.05, 3.63) is 18.5 Å². The van der Waals surface area contributed by atoms with E-state index in [2.05, 4.69) is 9.71 Å². The zero-order valence-corrected chi connectivity index (χ0v) is 9.77. The highest BCUT2D eigenvalue weighted by Gasteiger charge is 2.13. The van der Waals surface area contributed by atoms with Crippen LogP contribution in [0.15, 0.2) is 23.4 Å². The molecule has 0 amide bonds. The van der Waals surface area contributed by atoms with Crippen LogP contribution in [0.5, 0.6) is 0 Å². The first-order valence-corrected chi connectivity index (χ1v) is 6.32. The van der Waals surface area contributed by atoms with Gasteiger partial charge in [0.15, 0.2) is 0 Å². The van der Waals surface area contributed by atoms with Crippen molar-refractivity contribution in [3.63, 3.8) is 0 Å². The van der Waals surface area contributed by atoms with Gasteiger partial charge in [0.2, 0.25) is 10.0 Å². The highest BCUT2D eigenvalue weighted by molar-refractivity contribution is 7.89. The molecule has 0 aliphatic carbocycles. The summed E-state index contributed by atoms with van der Waals surface area (Å²) in [7, 11) is -3.67. The molecule has 1 aromatic heterocycles. The molecule has 1 aromatic rings. The number of nitrogens with two attached hydrogens (primary N) is 1. The van der Waals surface area contributed by atoms with Crippen molar-refractivity contribution in [1.82, 2.24) is 9.71 Å². The van der Waals surface area contributed by atoms with Crippen LogP contribution in [-0.2, 0) is 14.8 Å². The number of carboxylic acids is 1. The van der Waals surface area contributed by atoms with Crippen molar-refractivity contribution in [1.29, 1.82) is 0 Å². The Balaban J connectivity index is 2.60. The molecule has 94 valence electrons. The average Bonchev–Trinajstić information content (AvgIpc) is 2.24. The fraction of sp³-hybridized carbons (Fsp3) is 0.333. The fourth-order valence-electron chi connectivity index (χ4n) is 1.11. The number of nitrogens with one attached hydrogen (secondary N) is 1. The summed E-state index contributed by atoms with van der Waals surface area (Å²) in [5.74, 6) is -0.963. The molecule has 0 atom stereocenters. The molecule has 1 rings (SSSR count). The summed E-state index contributed by atoms with van der Waals surface area (Å²) >= 11 is 0. The lowest BCUT2D eigenvalue weighted by atomic mass is 10.3. The minimum atomic E-state index is -3.67. The molecule has 0 aromatic carbocycles. The highest BCUT2D eigenvalue weighted by Crippen LogP contribution is 2.10. The van der Waals surface area contributed by atoms with Crippen LogP contribution in [-0.4, -0.2) is 31.0 Å². The predicted molar refractivity (Wildman–Crippen MR) is 60.7 cm³/mol. The Morgan fingerprint density at radius 2 is 2.18 bits per heavy atom. The van der Waals surface area contributed by atoms with Gasteiger partial charge in [-0.05, 0) is 12.5 Å². The van der Waals surface area contributed by atoms with Crippen molar-refractivity contribution in [3.8, 4) is 0 Å². The van der Waals surface area contributed by atoms with E-state index in [1.165, 1.54) is 18.5 Å². The molecular weight excluding hydrogens is 246 g/mol. The Morgan fingerprint density at radius 1 is 1.47 bits per heavy atom. The average molecular weight is 259 g/mol. The van der Waals surface area contributed by atoms with E-state index in [1.807, 2.05) is 0 Å². The Morgan fingerprint density at radius 3 is 2.76 bits per heavy atom. The maximum atomic E-state index is 11.7. The monoisotopic (exact) mass is 259 g/mol. The first-order valence-electron chi connectivity index (χ1n) is 4.84. The number of hydrogen-bond acceptors (Lipinski definition) is 5. The summed E-state index contributed by atoms with van der Waals surface area (Å²) in [6, 6.07) is 1.28. The normalized spacial score (nSPS) is 11.3. The van der Waals surface area contributed by atoms with Crippen molar-refractivity contribution in [2.75, 3.05) is 12.3 Å². The first kappa shape index (κ1) is 13.4. The van der Waals surface area contributed by atoms with Crippen LogP contribution in [0.25, 0.3) is 0 Å². The van der Waals surface area contributed by atoms with Crippen molar-refractivity contribution < 1.29 is 18.3 Å². The number of carbonyl (C=O) groups is 1. The van der Waals surface area contributed by atoms with E-state index in [0.717, 1.165) is 0 Å². The molecule has 0 bridgehead atoms. The quantitative estimate of drug-likeness (QED) is 0.608. The van der Waals surface area contributed by atoms with Crippen molar-refractivity contribution >= 4 is 21.7 Å². The topological polar surface area (TPSA) is 122 Å². The molecule has 0 aliphatic heterocycles. The summed E-state index contributed by atoms with van der Waals surface area (Å²) in [6.45, 7) is 0.0590. The second-order valence-electron chi connectivity index (χ2n) is 3.35. The minimum Gasteiger partial charge on any atom is -0.481 e. The van der Waals surface area contributed by atoms with Gasteiger partial charge < -0.3 is 10.8 Å². The van der Waals surface area contributed by atoms with Gasteiger partial charge in [-0.2, -0.15) is 0 Å². The lowest BCUT2D eigenvalue weighted by Crippen LogP contribution is -2.25. The van der Waals surface area contributed by atoms with Gasteiger partial charge in [0.25, 0.3) is 0 Å². The Hall–Kier alpha value is -1.67. The fourth-order valence-corrected chi connectivity index (χ4v) is 2.18. The third kappa shape index (κ3) is 4.37. The number of rotatable bonds is 6. The van der Waals surface area contributed by atoms with Gasteiger partial charge in [-0.15, -0.1) is 0 Å². The maximum absolute atomic E-state index is 11.7. The molecule has 0 unspecified atom stereocenters. The standard InChI is InChI=1S/C9H13N3O4S/c10-7-4-8(6-11-5-7)17(15,16)12-3-1-2-9(13)14/h4-6,12H,1-3,10H2,(H,13,14). The lowest BCUT2D eigenvalue weighted by molar-refractivity contribution is -0.137. The van der Waals surface area contributed by atoms with Crippen LogP contribution in [0.3, 0.4) is 0 Å². The second-order valence-corrected chi connectivity index (χ2v) is 5.12. The Bertz CT molecular complexity index is 501. The van der Waals surface area contributed by atoms with Crippen LogP contribution in [0, 0.1) is 0 Å². The summed E-state index contributed by atoms with van der Waals surface area (Å²) in [6.07, 6.45) is 2.65. The van der Waals surface area contributed by atoms with Gasteiger partial charge in [-0.3, -0.25) is 9.78 Å². The molecule has 1 heterocycles. The van der Waals surface area contributed by atoms with E-state index in [0.29, 0.717) is 0 Å². The number of sulfonamides is 1. The summed E-state index contributed by atoms with van der Waals surface area (Å²) in [5, 5.41) is 8.39. The first-order chi connectivity index (χ1) is 7.92. The number of aromatic nitrogens is 1. The molecule has 0 spiro atoms. The summed E-state index contributed by atoms with van der Waals surface area (Å²) < 4.78 is 25.6. The number of aliphatic carboxylic acids is 1. The Kier molecular flexibility index (Phi) is 4.41. The third-order valence-corrected chi connectivity index (χ3v) is 3.33. The summed E-state index contributed by atoms with van der Waals surface area (Å²) in [4.78, 5) is 13.9. The number of nitrogen functional groups attached to an aromatic ring is 1. The largest absolute Gasteiger partial charge is 0.481 e. The van der Waals surface area contributed by atoms with Gasteiger partial charge in [0, 0.05) is 25.4 Å². The number of hydrogen-bond donors (Lipinski definition) is 3. The molecule has 0 aliphatic rings. The molecule has 0 fully saturated rings. The molecule has 0 saturated heterocycles. The van der Waals surface area contributed by atoms with Crippen molar-refractivity contribution in [2.45, 2.75) is 17.7 Å². The number of pyridine rings is 1.